The summed E-state index contributed by atoms with van der Waals surface area (Å²) in [7, 11) is -3.63. The summed E-state index contributed by atoms with van der Waals surface area (Å²) in [5, 5.41) is 5.25. The smallest absolute Gasteiger partial charge is 0.319 e. The number of nitrogens with one attached hydrogen (secondary N) is 2. The molecule has 1 atom stereocenters. The molecule has 0 radical (unpaired) electrons. The van der Waals surface area contributed by atoms with Gasteiger partial charge in [0.1, 0.15) is 5.82 Å². The van der Waals surface area contributed by atoms with Gasteiger partial charge in [-0.1, -0.05) is 19.1 Å². The number of anilines is 1. The van der Waals surface area contributed by atoms with Crippen LogP contribution < -0.4 is 10.6 Å². The van der Waals surface area contributed by atoms with Crippen molar-refractivity contribution in [3.05, 3.63) is 36.2 Å². The summed E-state index contributed by atoms with van der Waals surface area (Å²) in [6.07, 6.45) is 6.74. The van der Waals surface area contributed by atoms with E-state index in [2.05, 4.69) is 10.6 Å². The minimum atomic E-state index is -3.63. The first-order valence-corrected chi connectivity index (χ1v) is 8.84. The number of carbonyl (C=O) groups excluding carboxylic acids is 1. The molecule has 1 aliphatic rings. The van der Waals surface area contributed by atoms with Crippen molar-refractivity contribution < 1.29 is 17.6 Å². The predicted molar refractivity (Wildman–Crippen MR) is 83.1 cm³/mol. The van der Waals surface area contributed by atoms with Gasteiger partial charge in [0.25, 0.3) is 0 Å². The molecule has 2 rings (SSSR count). The van der Waals surface area contributed by atoms with Crippen LogP contribution >= 0.6 is 0 Å². The van der Waals surface area contributed by atoms with Crippen LogP contribution in [0.15, 0.2) is 35.2 Å². The lowest BCUT2D eigenvalue weighted by atomic mass is 10.0. The van der Waals surface area contributed by atoms with Crippen molar-refractivity contribution in [1.82, 2.24) is 5.32 Å². The van der Waals surface area contributed by atoms with E-state index < -0.39 is 21.7 Å². The molecule has 22 heavy (non-hydrogen) atoms. The molecule has 7 heteroatoms. The Bertz CT molecular complexity index is 686. The highest BCUT2D eigenvalue weighted by Gasteiger charge is 2.20. The van der Waals surface area contributed by atoms with E-state index in [4.69, 9.17) is 0 Å². The normalized spacial score (nSPS) is 18.0. The maximum atomic E-state index is 13.3. The largest absolute Gasteiger partial charge is 0.332 e. The first-order chi connectivity index (χ1) is 10.4. The van der Waals surface area contributed by atoms with Crippen LogP contribution in [-0.2, 0) is 9.84 Å². The summed E-state index contributed by atoms with van der Waals surface area (Å²) in [6.45, 7) is 1.47. The van der Waals surface area contributed by atoms with Crippen LogP contribution in [-0.4, -0.2) is 26.2 Å². The number of rotatable bonds is 4. The number of halogens is 1. The molecule has 5 nitrogen and oxygen atoms in total. The third-order valence-corrected chi connectivity index (χ3v) is 5.25. The summed E-state index contributed by atoms with van der Waals surface area (Å²) < 4.78 is 37.3. The SMILES string of the molecule is CCS(=O)(=O)c1cc(F)ccc1NC(=O)N[C@@H]1C=CCCC1. The molecule has 0 unspecified atom stereocenters. The third-order valence-electron chi connectivity index (χ3n) is 3.48. The van der Waals surface area contributed by atoms with Crippen LogP contribution in [0.25, 0.3) is 0 Å². The molecule has 0 fully saturated rings. The van der Waals surface area contributed by atoms with Crippen LogP contribution in [0, 0.1) is 5.82 Å². The highest BCUT2D eigenvalue weighted by Crippen LogP contribution is 2.23. The van der Waals surface area contributed by atoms with E-state index in [1.54, 1.807) is 0 Å². The summed E-state index contributed by atoms with van der Waals surface area (Å²) >= 11 is 0. The van der Waals surface area contributed by atoms with Gasteiger partial charge in [-0.3, -0.25) is 0 Å². The molecule has 0 saturated heterocycles. The maximum Gasteiger partial charge on any atom is 0.319 e. The number of hydrogen-bond donors (Lipinski definition) is 2. The van der Waals surface area contributed by atoms with E-state index in [1.165, 1.54) is 13.0 Å². The number of carbonyl (C=O) groups is 1. The zero-order valence-electron chi connectivity index (χ0n) is 12.3. The second-order valence-electron chi connectivity index (χ2n) is 5.11. The summed E-state index contributed by atoms with van der Waals surface area (Å²) in [5.41, 5.74) is 0.0838. The number of benzene rings is 1. The fourth-order valence-corrected chi connectivity index (χ4v) is 3.33. The van der Waals surface area contributed by atoms with Gasteiger partial charge in [0, 0.05) is 6.04 Å². The average Bonchev–Trinajstić information content (AvgIpc) is 2.50. The molecular weight excluding hydrogens is 307 g/mol. The Morgan fingerprint density at radius 2 is 2.18 bits per heavy atom. The molecule has 0 spiro atoms. The van der Waals surface area contributed by atoms with E-state index >= 15 is 0 Å². The van der Waals surface area contributed by atoms with Crippen molar-refractivity contribution in [2.24, 2.45) is 0 Å². The molecule has 2 amide bonds. The highest BCUT2D eigenvalue weighted by molar-refractivity contribution is 7.91. The fourth-order valence-electron chi connectivity index (χ4n) is 2.27. The number of amides is 2. The van der Waals surface area contributed by atoms with Gasteiger partial charge in [-0.05, 0) is 37.5 Å². The molecule has 1 aromatic carbocycles. The van der Waals surface area contributed by atoms with Gasteiger partial charge in [0.15, 0.2) is 9.84 Å². The van der Waals surface area contributed by atoms with E-state index in [1.807, 2.05) is 12.2 Å². The minimum Gasteiger partial charge on any atom is -0.332 e. The van der Waals surface area contributed by atoms with Gasteiger partial charge in [-0.15, -0.1) is 0 Å². The molecule has 0 aromatic heterocycles. The zero-order chi connectivity index (χ0) is 16.2. The maximum absolute atomic E-state index is 13.3. The second kappa shape index (κ2) is 6.91. The predicted octanol–water partition coefficient (Wildman–Crippen LogP) is 2.85. The first kappa shape index (κ1) is 16.5. The molecule has 120 valence electrons. The number of urea groups is 1. The highest BCUT2D eigenvalue weighted by atomic mass is 32.2. The third kappa shape index (κ3) is 4.07. The standard InChI is InChI=1S/C15H19FN2O3S/c1-2-22(20,21)14-10-11(16)8-9-13(14)18-15(19)17-12-6-4-3-5-7-12/h4,6,8-10,12H,2-3,5,7H2,1H3,(H2,17,18,19)/t12-/m1/s1. The van der Waals surface area contributed by atoms with Gasteiger partial charge < -0.3 is 10.6 Å². The zero-order valence-corrected chi connectivity index (χ0v) is 13.1. The Kier molecular flexibility index (Phi) is 5.18. The van der Waals surface area contributed by atoms with E-state index in [-0.39, 0.29) is 22.4 Å². The van der Waals surface area contributed by atoms with Crippen molar-refractivity contribution in [2.75, 3.05) is 11.1 Å². The van der Waals surface area contributed by atoms with Crippen molar-refractivity contribution >= 4 is 21.6 Å². The summed E-state index contributed by atoms with van der Waals surface area (Å²) in [5.74, 6) is -0.828. The first-order valence-electron chi connectivity index (χ1n) is 7.19. The number of hydrogen-bond acceptors (Lipinski definition) is 3. The molecule has 0 saturated carbocycles. The Labute approximate surface area is 129 Å². The lowest BCUT2D eigenvalue weighted by Gasteiger charge is -2.19. The minimum absolute atomic E-state index is 0.0690. The Hall–Kier alpha value is -1.89. The topological polar surface area (TPSA) is 75.3 Å². The summed E-state index contributed by atoms with van der Waals surface area (Å²) in [6, 6.07) is 2.73. The molecule has 0 aliphatic heterocycles. The summed E-state index contributed by atoms with van der Waals surface area (Å²) in [4.78, 5) is 11.8. The Balaban J connectivity index is 2.17. The monoisotopic (exact) mass is 326 g/mol. The van der Waals surface area contributed by atoms with Gasteiger partial charge in [-0.2, -0.15) is 0 Å². The molecule has 0 bridgehead atoms. The Morgan fingerprint density at radius 1 is 1.41 bits per heavy atom. The van der Waals surface area contributed by atoms with Gasteiger partial charge in [0.05, 0.1) is 16.3 Å². The van der Waals surface area contributed by atoms with Crippen molar-refractivity contribution in [3.8, 4) is 0 Å². The van der Waals surface area contributed by atoms with Crippen LogP contribution in [0.1, 0.15) is 26.2 Å². The molecule has 0 heterocycles. The lowest BCUT2D eigenvalue weighted by Crippen LogP contribution is -2.37. The van der Waals surface area contributed by atoms with Gasteiger partial charge in [0.2, 0.25) is 0 Å². The second-order valence-corrected chi connectivity index (χ2v) is 7.35. The molecular formula is C15H19FN2O3S. The van der Waals surface area contributed by atoms with Crippen LogP contribution in [0.2, 0.25) is 0 Å². The van der Waals surface area contributed by atoms with Crippen molar-refractivity contribution in [3.63, 3.8) is 0 Å². The average molecular weight is 326 g/mol. The number of allylic oxidation sites excluding steroid dienone is 1. The van der Waals surface area contributed by atoms with Crippen LogP contribution in [0.4, 0.5) is 14.9 Å². The van der Waals surface area contributed by atoms with E-state index in [0.717, 1.165) is 31.4 Å². The van der Waals surface area contributed by atoms with Gasteiger partial charge in [-0.25, -0.2) is 17.6 Å². The lowest BCUT2D eigenvalue weighted by molar-refractivity contribution is 0.249. The van der Waals surface area contributed by atoms with Crippen LogP contribution in [0.3, 0.4) is 0 Å². The Morgan fingerprint density at radius 3 is 2.82 bits per heavy atom. The fraction of sp³-hybridized carbons (Fsp3) is 0.400. The van der Waals surface area contributed by atoms with Gasteiger partial charge >= 0.3 is 6.03 Å². The van der Waals surface area contributed by atoms with Crippen molar-refractivity contribution in [1.29, 1.82) is 0 Å². The number of sulfone groups is 1. The molecule has 1 aliphatic carbocycles. The van der Waals surface area contributed by atoms with E-state index in [0.29, 0.717) is 0 Å². The quantitative estimate of drug-likeness (QED) is 0.836. The van der Waals surface area contributed by atoms with Crippen LogP contribution in [0.5, 0.6) is 0 Å². The van der Waals surface area contributed by atoms with E-state index in [9.17, 15) is 17.6 Å². The molecule has 1 aromatic rings. The van der Waals surface area contributed by atoms with Crippen molar-refractivity contribution in [2.45, 2.75) is 37.1 Å². The molecule has 2 N–H and O–H groups in total.